The summed E-state index contributed by atoms with van der Waals surface area (Å²) < 4.78 is 16.7. The van der Waals surface area contributed by atoms with Crippen molar-refractivity contribution in [2.45, 2.75) is 264 Å². The number of rotatable bonds is 47. The maximum atomic E-state index is 12.8. The van der Waals surface area contributed by atoms with Crippen molar-refractivity contribution >= 4 is 17.9 Å². The van der Waals surface area contributed by atoms with Crippen molar-refractivity contribution in [3.05, 3.63) is 60.8 Å². The van der Waals surface area contributed by atoms with Crippen LogP contribution in [0.25, 0.3) is 0 Å². The van der Waals surface area contributed by atoms with E-state index in [0.29, 0.717) is 19.3 Å². The molecule has 0 N–H and O–H groups in total. The topological polar surface area (TPSA) is 78.9 Å². The maximum Gasteiger partial charge on any atom is 0.306 e. The maximum absolute atomic E-state index is 12.8. The third-order valence-corrected chi connectivity index (χ3v) is 11.2. The van der Waals surface area contributed by atoms with Crippen molar-refractivity contribution in [1.29, 1.82) is 0 Å². The highest BCUT2D eigenvalue weighted by Gasteiger charge is 2.19. The molecular weight excluding hydrogens is 769 g/mol. The highest BCUT2D eigenvalue weighted by Crippen LogP contribution is 2.14. The molecule has 0 aromatic heterocycles. The molecule has 0 spiro atoms. The van der Waals surface area contributed by atoms with Crippen LogP contribution >= 0.6 is 0 Å². The van der Waals surface area contributed by atoms with Gasteiger partial charge in [-0.05, 0) is 89.9 Å². The van der Waals surface area contributed by atoms with E-state index in [1.807, 2.05) is 0 Å². The molecule has 6 heteroatoms. The second-order valence-corrected chi connectivity index (χ2v) is 17.4. The molecule has 0 aliphatic rings. The van der Waals surface area contributed by atoms with E-state index in [1.165, 1.54) is 122 Å². The Bertz CT molecular complexity index is 1130. The second-order valence-electron chi connectivity index (χ2n) is 17.4. The summed E-state index contributed by atoms with van der Waals surface area (Å²) in [4.78, 5) is 37.9. The molecule has 6 nitrogen and oxygen atoms in total. The molecule has 0 aliphatic heterocycles. The Morgan fingerprint density at radius 3 is 0.968 bits per heavy atom. The van der Waals surface area contributed by atoms with Gasteiger partial charge in [0.2, 0.25) is 0 Å². The average molecular weight is 867 g/mol. The van der Waals surface area contributed by atoms with E-state index < -0.39 is 6.10 Å². The Morgan fingerprint density at radius 1 is 0.323 bits per heavy atom. The van der Waals surface area contributed by atoms with Crippen LogP contribution in [0.3, 0.4) is 0 Å². The number of unbranched alkanes of at least 4 members (excludes halogenated alkanes) is 26. The first-order valence-electron chi connectivity index (χ1n) is 26.3. The molecule has 62 heavy (non-hydrogen) atoms. The molecule has 358 valence electrons. The Morgan fingerprint density at radius 2 is 0.581 bits per heavy atom. The summed E-state index contributed by atoms with van der Waals surface area (Å²) in [6.45, 7) is 6.56. The fourth-order valence-corrected chi connectivity index (χ4v) is 7.24. The standard InChI is InChI=1S/C56H98O6/c1-4-7-10-13-16-19-21-23-25-27-28-29-31-32-34-37-40-43-46-49-55(58)61-52-53(51-60-54(57)48-45-42-39-36-18-15-12-9-6-3)62-56(59)50-47-44-41-38-35-33-30-26-24-22-20-17-14-11-8-5-2/h16,19,23,25-26,28-30,32,34,53H,4-15,17-18,20-22,24,27,31,33,35-52H2,1-3H3/b19-16-,25-23-,29-28-,30-26-,34-32-/t53-/m1/s1. The van der Waals surface area contributed by atoms with E-state index >= 15 is 0 Å². The highest BCUT2D eigenvalue weighted by atomic mass is 16.6. The van der Waals surface area contributed by atoms with Crippen molar-refractivity contribution in [3.63, 3.8) is 0 Å². The first kappa shape index (κ1) is 59.1. The molecule has 0 saturated heterocycles. The summed E-state index contributed by atoms with van der Waals surface area (Å²) in [6, 6.07) is 0. The van der Waals surface area contributed by atoms with Crippen LogP contribution in [0.2, 0.25) is 0 Å². The first-order chi connectivity index (χ1) is 30.5. The number of allylic oxidation sites excluding steroid dienone is 10. The predicted molar refractivity (Wildman–Crippen MR) is 265 cm³/mol. The van der Waals surface area contributed by atoms with E-state index in [2.05, 4.69) is 81.5 Å². The highest BCUT2D eigenvalue weighted by molar-refractivity contribution is 5.71. The molecule has 0 rings (SSSR count). The zero-order chi connectivity index (χ0) is 45.1. The van der Waals surface area contributed by atoms with E-state index in [0.717, 1.165) is 96.3 Å². The normalized spacial score (nSPS) is 12.5. The Kier molecular flexibility index (Phi) is 48.4. The quantitative estimate of drug-likeness (QED) is 0.0262. The average Bonchev–Trinajstić information content (AvgIpc) is 3.27. The van der Waals surface area contributed by atoms with E-state index in [-0.39, 0.29) is 31.1 Å². The van der Waals surface area contributed by atoms with Gasteiger partial charge in [0.1, 0.15) is 13.2 Å². The number of hydrogen-bond donors (Lipinski definition) is 0. The van der Waals surface area contributed by atoms with Gasteiger partial charge in [-0.2, -0.15) is 0 Å². The van der Waals surface area contributed by atoms with Gasteiger partial charge in [-0.15, -0.1) is 0 Å². The van der Waals surface area contributed by atoms with Crippen molar-refractivity contribution in [3.8, 4) is 0 Å². The molecular formula is C56H98O6. The van der Waals surface area contributed by atoms with Crippen LogP contribution in [-0.4, -0.2) is 37.2 Å². The van der Waals surface area contributed by atoms with Gasteiger partial charge in [0, 0.05) is 19.3 Å². The molecule has 0 amide bonds. The Hall–Kier alpha value is -2.89. The lowest BCUT2D eigenvalue weighted by atomic mass is 10.1. The lowest BCUT2D eigenvalue weighted by Crippen LogP contribution is -2.30. The molecule has 0 fully saturated rings. The minimum atomic E-state index is -0.788. The molecule has 0 heterocycles. The monoisotopic (exact) mass is 867 g/mol. The van der Waals surface area contributed by atoms with Crippen molar-refractivity contribution in [1.82, 2.24) is 0 Å². The molecule has 0 unspecified atom stereocenters. The van der Waals surface area contributed by atoms with Gasteiger partial charge in [0.05, 0.1) is 0 Å². The minimum Gasteiger partial charge on any atom is -0.462 e. The summed E-state index contributed by atoms with van der Waals surface area (Å²) in [7, 11) is 0. The fourth-order valence-electron chi connectivity index (χ4n) is 7.24. The molecule has 0 saturated carbocycles. The SMILES string of the molecule is CCCCC/C=C\C/C=C\C/C=C\C/C=C\CCCCCC(=O)OC[C@@H](COC(=O)CCCCCCCCCCC)OC(=O)CCCCCCC/C=C\CCCCCCCCC. The smallest absolute Gasteiger partial charge is 0.306 e. The van der Waals surface area contributed by atoms with E-state index in [4.69, 9.17) is 14.2 Å². The molecule has 1 atom stereocenters. The molecule has 0 bridgehead atoms. The lowest BCUT2D eigenvalue weighted by Gasteiger charge is -2.18. The van der Waals surface area contributed by atoms with Gasteiger partial charge < -0.3 is 14.2 Å². The van der Waals surface area contributed by atoms with Gasteiger partial charge in [-0.3, -0.25) is 14.4 Å². The summed E-state index contributed by atoms with van der Waals surface area (Å²) >= 11 is 0. The Labute approximate surface area is 383 Å². The van der Waals surface area contributed by atoms with Crippen LogP contribution in [0.1, 0.15) is 258 Å². The number of carbonyl (C=O) groups excluding carboxylic acids is 3. The van der Waals surface area contributed by atoms with Gasteiger partial charge in [-0.25, -0.2) is 0 Å². The van der Waals surface area contributed by atoms with Crippen LogP contribution in [0.4, 0.5) is 0 Å². The van der Waals surface area contributed by atoms with Crippen LogP contribution < -0.4 is 0 Å². The van der Waals surface area contributed by atoms with Crippen molar-refractivity contribution < 1.29 is 28.6 Å². The first-order valence-corrected chi connectivity index (χ1v) is 26.3. The fraction of sp³-hybridized carbons (Fsp3) is 0.768. The molecule has 0 aromatic carbocycles. The zero-order valence-corrected chi connectivity index (χ0v) is 40.9. The summed E-state index contributed by atoms with van der Waals surface area (Å²) in [5.41, 5.74) is 0. The van der Waals surface area contributed by atoms with Crippen molar-refractivity contribution in [2.24, 2.45) is 0 Å². The largest absolute Gasteiger partial charge is 0.462 e. The third-order valence-electron chi connectivity index (χ3n) is 11.2. The predicted octanol–water partition coefficient (Wildman–Crippen LogP) is 17.3. The lowest BCUT2D eigenvalue weighted by molar-refractivity contribution is -0.167. The number of carbonyl (C=O) groups is 3. The summed E-state index contributed by atoms with van der Waals surface area (Å²) in [5, 5.41) is 0. The zero-order valence-electron chi connectivity index (χ0n) is 40.9. The third kappa shape index (κ3) is 48.1. The summed E-state index contributed by atoms with van der Waals surface area (Å²) in [5.74, 6) is -0.925. The van der Waals surface area contributed by atoms with Gasteiger partial charge in [0.15, 0.2) is 6.10 Å². The van der Waals surface area contributed by atoms with Gasteiger partial charge in [0.25, 0.3) is 0 Å². The molecule has 0 aliphatic carbocycles. The van der Waals surface area contributed by atoms with E-state index in [1.54, 1.807) is 0 Å². The van der Waals surface area contributed by atoms with Crippen LogP contribution in [0.15, 0.2) is 60.8 Å². The van der Waals surface area contributed by atoms with E-state index in [9.17, 15) is 14.4 Å². The number of hydrogen-bond acceptors (Lipinski definition) is 6. The van der Waals surface area contributed by atoms with Crippen LogP contribution in [-0.2, 0) is 28.6 Å². The van der Waals surface area contributed by atoms with Crippen molar-refractivity contribution in [2.75, 3.05) is 13.2 Å². The van der Waals surface area contributed by atoms with Gasteiger partial charge >= 0.3 is 17.9 Å². The molecule has 0 radical (unpaired) electrons. The second kappa shape index (κ2) is 50.8. The van der Waals surface area contributed by atoms with Crippen LogP contribution in [0, 0.1) is 0 Å². The minimum absolute atomic E-state index is 0.0865. The van der Waals surface area contributed by atoms with Crippen LogP contribution in [0.5, 0.6) is 0 Å². The number of ether oxygens (including phenoxy) is 3. The number of esters is 3. The summed E-state index contributed by atoms with van der Waals surface area (Å²) in [6.07, 6.45) is 62.1. The Balaban J connectivity index is 4.39. The van der Waals surface area contributed by atoms with Gasteiger partial charge in [-0.1, -0.05) is 210 Å². The molecule has 0 aromatic rings.